The van der Waals surface area contributed by atoms with Gasteiger partial charge in [0, 0.05) is 50.8 Å². The van der Waals surface area contributed by atoms with Crippen molar-refractivity contribution in [3.05, 3.63) is 52.7 Å². The maximum atomic E-state index is 12.0. The minimum Gasteiger partial charge on any atom is -0.368 e. The van der Waals surface area contributed by atoms with Crippen LogP contribution in [-0.2, 0) is 11.3 Å². The standard InChI is InChI=1S/C20H27N5OS.HI/c1-23(2)19(26)16-22-20(21-15-18-9-6-14-27-18)25-12-10-24(11-13-25)17-7-4-3-5-8-17;/h3-9,14H,10-13,15-16H2,1-2H3,(H,21,22);1H. The lowest BCUT2D eigenvalue weighted by molar-refractivity contribution is -0.127. The van der Waals surface area contributed by atoms with E-state index in [4.69, 9.17) is 0 Å². The van der Waals surface area contributed by atoms with Gasteiger partial charge in [-0.3, -0.25) is 4.79 Å². The van der Waals surface area contributed by atoms with Crippen LogP contribution in [0.1, 0.15) is 4.88 Å². The van der Waals surface area contributed by atoms with Gasteiger partial charge in [-0.15, -0.1) is 35.3 Å². The molecule has 28 heavy (non-hydrogen) atoms. The zero-order valence-corrected chi connectivity index (χ0v) is 19.5. The van der Waals surface area contributed by atoms with E-state index in [9.17, 15) is 4.79 Å². The molecule has 0 radical (unpaired) electrons. The van der Waals surface area contributed by atoms with E-state index in [0.717, 1.165) is 38.7 Å². The number of hydrogen-bond donors (Lipinski definition) is 1. The Morgan fingerprint density at radius 3 is 2.43 bits per heavy atom. The first-order valence-corrected chi connectivity index (χ1v) is 10.1. The second kappa shape index (κ2) is 11.3. The Morgan fingerprint density at radius 2 is 1.82 bits per heavy atom. The number of thiophene rings is 1. The number of piperazine rings is 1. The summed E-state index contributed by atoms with van der Waals surface area (Å²) in [6.45, 7) is 4.52. The van der Waals surface area contributed by atoms with Crippen LogP contribution in [-0.4, -0.2) is 68.5 Å². The summed E-state index contributed by atoms with van der Waals surface area (Å²) in [6, 6.07) is 14.6. The number of anilines is 1. The van der Waals surface area contributed by atoms with Crippen molar-refractivity contribution in [3.8, 4) is 0 Å². The lowest BCUT2D eigenvalue weighted by Crippen LogP contribution is -2.52. The molecule has 1 saturated heterocycles. The molecule has 1 aliphatic rings. The van der Waals surface area contributed by atoms with Gasteiger partial charge in [0.1, 0.15) is 6.54 Å². The minimum atomic E-state index is 0. The third kappa shape index (κ3) is 6.37. The third-order valence-corrected chi connectivity index (χ3v) is 5.44. The molecule has 1 N–H and O–H groups in total. The number of rotatable bonds is 5. The van der Waals surface area contributed by atoms with E-state index in [1.54, 1.807) is 30.3 Å². The number of aliphatic imine (C=N–C) groups is 1. The highest BCUT2D eigenvalue weighted by Crippen LogP contribution is 2.16. The Labute approximate surface area is 188 Å². The molecule has 1 fully saturated rings. The third-order valence-electron chi connectivity index (χ3n) is 4.56. The summed E-state index contributed by atoms with van der Waals surface area (Å²) in [5.74, 6) is 0.819. The van der Waals surface area contributed by atoms with Gasteiger partial charge in [-0.2, -0.15) is 0 Å². The number of benzene rings is 1. The molecule has 1 aromatic carbocycles. The predicted octanol–water partition coefficient (Wildman–Crippen LogP) is 2.72. The summed E-state index contributed by atoms with van der Waals surface area (Å²) in [4.78, 5) is 24.0. The van der Waals surface area contributed by atoms with E-state index in [2.05, 4.69) is 55.8 Å². The van der Waals surface area contributed by atoms with Crippen molar-refractivity contribution in [2.75, 3.05) is 51.7 Å². The fraction of sp³-hybridized carbons (Fsp3) is 0.400. The van der Waals surface area contributed by atoms with Crippen LogP contribution in [0, 0.1) is 0 Å². The highest BCUT2D eigenvalue weighted by Gasteiger charge is 2.20. The molecular formula is C20H28IN5OS. The molecule has 2 aromatic rings. The topological polar surface area (TPSA) is 51.2 Å². The number of amides is 1. The lowest BCUT2D eigenvalue weighted by Gasteiger charge is -2.37. The van der Waals surface area contributed by atoms with Gasteiger partial charge in [0.25, 0.3) is 0 Å². The van der Waals surface area contributed by atoms with Crippen molar-refractivity contribution in [2.24, 2.45) is 4.99 Å². The van der Waals surface area contributed by atoms with Gasteiger partial charge >= 0.3 is 0 Å². The number of nitrogens with zero attached hydrogens (tertiary/aromatic N) is 4. The van der Waals surface area contributed by atoms with E-state index in [0.29, 0.717) is 0 Å². The van der Waals surface area contributed by atoms with Crippen LogP contribution < -0.4 is 10.2 Å². The molecule has 8 heteroatoms. The molecular weight excluding hydrogens is 485 g/mol. The Balaban J connectivity index is 0.00000280. The van der Waals surface area contributed by atoms with Crippen molar-refractivity contribution >= 4 is 52.9 Å². The molecule has 1 amide bonds. The molecule has 0 saturated carbocycles. The number of hydrogen-bond acceptors (Lipinski definition) is 4. The van der Waals surface area contributed by atoms with Gasteiger partial charge in [-0.1, -0.05) is 24.3 Å². The maximum absolute atomic E-state index is 12.0. The van der Waals surface area contributed by atoms with Crippen molar-refractivity contribution in [2.45, 2.75) is 6.54 Å². The molecule has 152 valence electrons. The van der Waals surface area contributed by atoms with E-state index >= 15 is 0 Å². The Kier molecular flexibility index (Phi) is 9.04. The maximum Gasteiger partial charge on any atom is 0.243 e. The highest BCUT2D eigenvalue weighted by atomic mass is 127. The van der Waals surface area contributed by atoms with Gasteiger partial charge in [0.2, 0.25) is 5.91 Å². The summed E-state index contributed by atoms with van der Waals surface area (Å²) < 4.78 is 0. The normalized spacial score (nSPS) is 14.4. The van der Waals surface area contributed by atoms with E-state index in [-0.39, 0.29) is 36.4 Å². The van der Waals surface area contributed by atoms with Crippen LogP contribution >= 0.6 is 35.3 Å². The number of para-hydroxylation sites is 1. The van der Waals surface area contributed by atoms with Gasteiger partial charge in [-0.05, 0) is 23.6 Å². The first-order valence-electron chi connectivity index (χ1n) is 9.19. The Bertz CT molecular complexity index is 743. The van der Waals surface area contributed by atoms with E-state index in [1.807, 2.05) is 12.1 Å². The molecule has 1 aliphatic heterocycles. The molecule has 0 atom stereocenters. The van der Waals surface area contributed by atoms with Crippen LogP contribution in [0.3, 0.4) is 0 Å². The fourth-order valence-electron chi connectivity index (χ4n) is 2.95. The van der Waals surface area contributed by atoms with Crippen LogP contribution in [0.4, 0.5) is 5.69 Å². The summed E-state index contributed by atoms with van der Waals surface area (Å²) in [7, 11) is 3.52. The number of guanidine groups is 1. The average molecular weight is 513 g/mol. The van der Waals surface area contributed by atoms with Crippen molar-refractivity contribution in [1.82, 2.24) is 15.1 Å². The van der Waals surface area contributed by atoms with Crippen LogP contribution in [0.25, 0.3) is 0 Å². The van der Waals surface area contributed by atoms with E-state index in [1.165, 1.54) is 10.6 Å². The summed E-state index contributed by atoms with van der Waals surface area (Å²) in [6.07, 6.45) is 0. The van der Waals surface area contributed by atoms with Gasteiger partial charge < -0.3 is 20.0 Å². The number of carbonyl (C=O) groups excluding carboxylic acids is 1. The summed E-state index contributed by atoms with van der Waals surface area (Å²) in [5.41, 5.74) is 1.25. The lowest BCUT2D eigenvalue weighted by atomic mass is 10.2. The fourth-order valence-corrected chi connectivity index (χ4v) is 3.59. The zero-order valence-electron chi connectivity index (χ0n) is 16.4. The Hall–Kier alpha value is -1.81. The highest BCUT2D eigenvalue weighted by molar-refractivity contribution is 14.0. The second-order valence-electron chi connectivity index (χ2n) is 6.67. The average Bonchev–Trinajstić information content (AvgIpc) is 3.22. The first kappa shape index (κ1) is 22.5. The molecule has 1 aromatic heterocycles. The zero-order chi connectivity index (χ0) is 19.1. The first-order chi connectivity index (χ1) is 13.1. The quantitative estimate of drug-likeness (QED) is 0.380. The van der Waals surface area contributed by atoms with Crippen LogP contribution in [0.5, 0.6) is 0 Å². The number of likely N-dealkylation sites (N-methyl/N-ethyl adjacent to an activating group) is 1. The molecule has 6 nitrogen and oxygen atoms in total. The molecule has 0 aliphatic carbocycles. The van der Waals surface area contributed by atoms with Crippen molar-refractivity contribution < 1.29 is 4.79 Å². The number of carbonyl (C=O) groups is 1. The van der Waals surface area contributed by atoms with Gasteiger partial charge in [-0.25, -0.2) is 4.99 Å². The van der Waals surface area contributed by atoms with E-state index < -0.39 is 0 Å². The molecule has 0 spiro atoms. The molecule has 0 unspecified atom stereocenters. The number of halogens is 1. The summed E-state index contributed by atoms with van der Waals surface area (Å²) in [5, 5.41) is 5.51. The van der Waals surface area contributed by atoms with Crippen molar-refractivity contribution in [1.29, 1.82) is 0 Å². The smallest absolute Gasteiger partial charge is 0.243 e. The van der Waals surface area contributed by atoms with Crippen LogP contribution in [0.15, 0.2) is 52.8 Å². The predicted molar refractivity (Wildman–Crippen MR) is 128 cm³/mol. The SMILES string of the molecule is CN(C)C(=O)CN=C(NCc1cccs1)N1CCN(c2ccccc2)CC1.I. The minimum absolute atomic E-state index is 0. The van der Waals surface area contributed by atoms with Gasteiger partial charge in [0.05, 0.1) is 6.54 Å². The van der Waals surface area contributed by atoms with Gasteiger partial charge in [0.15, 0.2) is 5.96 Å². The van der Waals surface area contributed by atoms with Crippen LogP contribution in [0.2, 0.25) is 0 Å². The number of nitrogens with one attached hydrogen (secondary N) is 1. The largest absolute Gasteiger partial charge is 0.368 e. The monoisotopic (exact) mass is 513 g/mol. The molecule has 2 heterocycles. The Morgan fingerprint density at radius 1 is 1.11 bits per heavy atom. The summed E-state index contributed by atoms with van der Waals surface area (Å²) >= 11 is 1.72. The van der Waals surface area contributed by atoms with Crippen molar-refractivity contribution in [3.63, 3.8) is 0 Å². The molecule has 0 bridgehead atoms. The second-order valence-corrected chi connectivity index (χ2v) is 7.70. The molecule has 3 rings (SSSR count).